The zero-order chi connectivity index (χ0) is 11.7. The summed E-state index contributed by atoms with van der Waals surface area (Å²) in [6, 6.07) is 4.25. The molecule has 0 amide bonds. The largest absolute Gasteiger partial charge is 0.337 e. The number of benzene rings is 1. The monoisotopic (exact) mass is 304 g/mol. The molecule has 0 N–H and O–H groups in total. The summed E-state index contributed by atoms with van der Waals surface area (Å²) in [6.45, 7) is 1.73. The van der Waals surface area contributed by atoms with Crippen molar-refractivity contribution in [2.75, 3.05) is 0 Å². The van der Waals surface area contributed by atoms with Gasteiger partial charge in [0.25, 0.3) is 0 Å². The van der Waals surface area contributed by atoms with Crippen molar-refractivity contribution in [3.8, 4) is 11.4 Å². The highest BCUT2D eigenvalue weighted by Crippen LogP contribution is 2.28. The molecule has 0 fully saturated rings. The number of rotatable bonds is 2. The second-order valence-corrected chi connectivity index (χ2v) is 4.71. The average Bonchev–Trinajstić information content (AvgIpc) is 2.66. The van der Waals surface area contributed by atoms with Crippen molar-refractivity contribution in [2.45, 2.75) is 12.3 Å². The van der Waals surface area contributed by atoms with Gasteiger partial charge in [0, 0.05) is 10.0 Å². The van der Waals surface area contributed by atoms with Crippen LogP contribution >= 0.6 is 27.5 Å². The molecule has 2 rings (SSSR count). The lowest BCUT2D eigenvalue weighted by Crippen LogP contribution is -1.86. The summed E-state index contributed by atoms with van der Waals surface area (Å²) in [6.07, 6.45) is 0. The first-order chi connectivity index (χ1) is 7.58. The number of hydrogen-bond acceptors (Lipinski definition) is 3. The van der Waals surface area contributed by atoms with Crippen LogP contribution in [0.3, 0.4) is 0 Å². The molecule has 0 bridgehead atoms. The number of nitrogens with zero attached hydrogens (tertiary/aromatic N) is 2. The van der Waals surface area contributed by atoms with Crippen LogP contribution < -0.4 is 0 Å². The van der Waals surface area contributed by atoms with E-state index in [4.69, 9.17) is 16.1 Å². The van der Waals surface area contributed by atoms with Gasteiger partial charge < -0.3 is 4.52 Å². The normalized spacial score (nSPS) is 12.8. The number of hydrogen-bond donors (Lipinski definition) is 0. The number of alkyl halides is 1. The Morgan fingerprint density at radius 1 is 1.50 bits per heavy atom. The summed E-state index contributed by atoms with van der Waals surface area (Å²) in [4.78, 5) is 4.11. The van der Waals surface area contributed by atoms with Crippen molar-refractivity contribution in [1.82, 2.24) is 10.1 Å². The highest BCUT2D eigenvalue weighted by atomic mass is 79.9. The van der Waals surface area contributed by atoms with Gasteiger partial charge in [0.2, 0.25) is 11.7 Å². The maximum Gasteiger partial charge on any atom is 0.244 e. The van der Waals surface area contributed by atoms with Crippen LogP contribution in [0.4, 0.5) is 4.39 Å². The second kappa shape index (κ2) is 4.51. The van der Waals surface area contributed by atoms with E-state index >= 15 is 0 Å². The van der Waals surface area contributed by atoms with Crippen LogP contribution in [0.5, 0.6) is 0 Å². The van der Waals surface area contributed by atoms with Gasteiger partial charge in [0.1, 0.15) is 11.2 Å². The Labute approximate surface area is 105 Å². The molecule has 16 heavy (non-hydrogen) atoms. The fourth-order valence-corrected chi connectivity index (χ4v) is 1.79. The van der Waals surface area contributed by atoms with Crippen LogP contribution in [0.25, 0.3) is 11.4 Å². The molecule has 84 valence electrons. The quantitative estimate of drug-likeness (QED) is 0.789. The minimum Gasteiger partial charge on any atom is -0.337 e. The van der Waals surface area contributed by atoms with Crippen molar-refractivity contribution in [3.63, 3.8) is 0 Å². The molecule has 1 unspecified atom stereocenters. The van der Waals surface area contributed by atoms with E-state index in [-0.39, 0.29) is 11.2 Å². The van der Waals surface area contributed by atoms with Crippen LogP contribution in [0.1, 0.15) is 18.2 Å². The van der Waals surface area contributed by atoms with Gasteiger partial charge in [-0.1, -0.05) is 5.16 Å². The van der Waals surface area contributed by atoms with E-state index in [0.717, 1.165) is 0 Å². The van der Waals surface area contributed by atoms with E-state index in [1.54, 1.807) is 13.0 Å². The van der Waals surface area contributed by atoms with Crippen LogP contribution in [-0.2, 0) is 0 Å². The van der Waals surface area contributed by atoms with Gasteiger partial charge in [0.05, 0.1) is 0 Å². The smallest absolute Gasteiger partial charge is 0.244 e. The van der Waals surface area contributed by atoms with Crippen molar-refractivity contribution < 1.29 is 8.91 Å². The van der Waals surface area contributed by atoms with Crippen molar-refractivity contribution in [2.24, 2.45) is 0 Å². The van der Waals surface area contributed by atoms with Gasteiger partial charge in [-0.05, 0) is 41.1 Å². The first-order valence-corrected chi connectivity index (χ1v) is 5.74. The molecular weight excluding hydrogens is 298 g/mol. The highest BCUT2D eigenvalue weighted by Gasteiger charge is 2.14. The summed E-state index contributed by atoms with van der Waals surface area (Å²) >= 11 is 9.04. The van der Waals surface area contributed by atoms with E-state index < -0.39 is 0 Å². The fraction of sp³-hybridized carbons (Fsp3) is 0.200. The van der Waals surface area contributed by atoms with E-state index in [2.05, 4.69) is 26.1 Å². The lowest BCUT2D eigenvalue weighted by atomic mass is 10.2. The minimum absolute atomic E-state index is 0.329. The maximum absolute atomic E-state index is 12.9. The molecule has 0 aliphatic heterocycles. The van der Waals surface area contributed by atoms with Crippen LogP contribution in [0, 0.1) is 5.82 Å². The molecule has 0 spiro atoms. The van der Waals surface area contributed by atoms with Crippen molar-refractivity contribution in [1.29, 1.82) is 0 Å². The molecular formula is C10H7BrClFN2O. The zero-order valence-corrected chi connectivity index (χ0v) is 10.6. The Bertz CT molecular complexity index is 515. The van der Waals surface area contributed by atoms with E-state index in [1.807, 2.05) is 0 Å². The molecule has 3 nitrogen and oxygen atoms in total. The van der Waals surface area contributed by atoms with Gasteiger partial charge in [0.15, 0.2) is 0 Å². The predicted octanol–water partition coefficient (Wildman–Crippen LogP) is 3.94. The third-order valence-electron chi connectivity index (χ3n) is 1.95. The Balaban J connectivity index is 2.42. The Hall–Kier alpha value is -0.940. The number of halogens is 3. The molecule has 1 heterocycles. The van der Waals surface area contributed by atoms with Gasteiger partial charge in [-0.15, -0.1) is 11.6 Å². The molecule has 0 saturated heterocycles. The summed E-state index contributed by atoms with van der Waals surface area (Å²) in [5, 5.41) is 3.43. The standard InChI is InChI=1S/C10H7BrClFN2O/c1-5(12)10-14-9(15-16-10)7-3-2-6(13)4-8(7)11/h2-5H,1H3. The third-order valence-corrected chi connectivity index (χ3v) is 2.80. The van der Waals surface area contributed by atoms with Crippen molar-refractivity contribution >= 4 is 27.5 Å². The highest BCUT2D eigenvalue weighted by molar-refractivity contribution is 9.10. The number of aromatic nitrogens is 2. The average molecular weight is 306 g/mol. The maximum atomic E-state index is 12.9. The Morgan fingerprint density at radius 3 is 2.81 bits per heavy atom. The molecule has 2 aromatic rings. The lowest BCUT2D eigenvalue weighted by Gasteiger charge is -1.98. The minimum atomic E-state index is -0.347. The third kappa shape index (κ3) is 2.25. The summed E-state index contributed by atoms with van der Waals surface area (Å²) in [5.74, 6) is 0.396. The SMILES string of the molecule is CC(Cl)c1nc(-c2ccc(F)cc2Br)no1. The fourth-order valence-electron chi connectivity index (χ4n) is 1.18. The first-order valence-electron chi connectivity index (χ1n) is 4.51. The van der Waals surface area contributed by atoms with Crippen LogP contribution in [-0.4, -0.2) is 10.1 Å². The molecule has 1 aromatic heterocycles. The summed E-state index contributed by atoms with van der Waals surface area (Å²) in [7, 11) is 0. The second-order valence-electron chi connectivity index (χ2n) is 3.20. The van der Waals surface area contributed by atoms with Crippen LogP contribution in [0.2, 0.25) is 0 Å². The summed E-state index contributed by atoms with van der Waals surface area (Å²) < 4.78 is 18.4. The predicted molar refractivity (Wildman–Crippen MR) is 61.7 cm³/mol. The van der Waals surface area contributed by atoms with E-state index in [1.165, 1.54) is 12.1 Å². The van der Waals surface area contributed by atoms with Gasteiger partial charge in [-0.3, -0.25) is 0 Å². The zero-order valence-electron chi connectivity index (χ0n) is 8.25. The first kappa shape index (κ1) is 11.5. The molecule has 0 saturated carbocycles. The Morgan fingerprint density at radius 2 is 2.25 bits per heavy atom. The molecule has 0 aliphatic rings. The van der Waals surface area contributed by atoms with Gasteiger partial charge >= 0.3 is 0 Å². The van der Waals surface area contributed by atoms with E-state index in [9.17, 15) is 4.39 Å². The molecule has 1 aromatic carbocycles. The van der Waals surface area contributed by atoms with Crippen molar-refractivity contribution in [3.05, 3.63) is 34.4 Å². The molecule has 0 aliphatic carbocycles. The molecule has 0 radical (unpaired) electrons. The molecule has 6 heteroatoms. The molecule has 1 atom stereocenters. The summed E-state index contributed by atoms with van der Waals surface area (Å²) in [5.41, 5.74) is 0.661. The van der Waals surface area contributed by atoms with Gasteiger partial charge in [-0.25, -0.2) is 4.39 Å². The van der Waals surface area contributed by atoms with Gasteiger partial charge in [-0.2, -0.15) is 4.98 Å². The topological polar surface area (TPSA) is 38.9 Å². The Kier molecular flexibility index (Phi) is 3.25. The lowest BCUT2D eigenvalue weighted by molar-refractivity contribution is 0.379. The van der Waals surface area contributed by atoms with E-state index in [0.29, 0.717) is 21.8 Å². The van der Waals surface area contributed by atoms with Crippen LogP contribution in [0.15, 0.2) is 27.2 Å².